The summed E-state index contributed by atoms with van der Waals surface area (Å²) in [4.78, 5) is 32.5. The van der Waals surface area contributed by atoms with Crippen LogP contribution >= 0.6 is 11.6 Å². The van der Waals surface area contributed by atoms with Gasteiger partial charge in [-0.25, -0.2) is 0 Å². The van der Waals surface area contributed by atoms with E-state index in [1.54, 1.807) is 66.9 Å². The number of pyridine rings is 1. The first kappa shape index (κ1) is 20.8. The molecule has 1 unspecified atom stereocenters. The van der Waals surface area contributed by atoms with Gasteiger partial charge in [-0.05, 0) is 48.5 Å². The second-order valence-corrected chi connectivity index (χ2v) is 7.82. The molecular formula is C25H17ClN2O5. The van der Waals surface area contributed by atoms with Gasteiger partial charge < -0.3 is 14.3 Å². The van der Waals surface area contributed by atoms with E-state index in [0.29, 0.717) is 33.1 Å². The van der Waals surface area contributed by atoms with Crippen LogP contribution in [0, 0.1) is 0 Å². The summed E-state index contributed by atoms with van der Waals surface area (Å²) in [6, 6.07) is 17.5. The quantitative estimate of drug-likeness (QED) is 0.408. The second-order valence-electron chi connectivity index (χ2n) is 7.39. The van der Waals surface area contributed by atoms with Crippen molar-refractivity contribution in [1.29, 1.82) is 0 Å². The smallest absolute Gasteiger partial charge is 0.294 e. The van der Waals surface area contributed by atoms with Gasteiger partial charge in [-0.2, -0.15) is 0 Å². The Morgan fingerprint density at radius 1 is 1.12 bits per heavy atom. The van der Waals surface area contributed by atoms with Crippen LogP contribution in [0.25, 0.3) is 11.0 Å². The summed E-state index contributed by atoms with van der Waals surface area (Å²) in [5.74, 6) is -1.64. The number of anilines is 1. The van der Waals surface area contributed by atoms with Gasteiger partial charge in [-0.1, -0.05) is 29.8 Å². The molecule has 0 fully saturated rings. The zero-order valence-corrected chi connectivity index (χ0v) is 18.1. The standard InChI is InChI=1S/C25H17ClN2O5/c1-32-19-8-3-2-7-17(19)28-22(16-6-4-5-11-27-16)21(24(30)25(28)31)23(29)20-13-14-12-15(26)9-10-18(14)33-20/h2-13,22,30H,1H3. The lowest BCUT2D eigenvalue weighted by molar-refractivity contribution is -0.117. The number of aliphatic hydroxyl groups is 1. The second kappa shape index (κ2) is 8.11. The Bertz CT molecular complexity index is 1430. The molecule has 2 aromatic heterocycles. The Hall–Kier alpha value is -4.10. The summed E-state index contributed by atoms with van der Waals surface area (Å²) < 4.78 is 11.1. The van der Waals surface area contributed by atoms with Gasteiger partial charge in [0.2, 0.25) is 5.78 Å². The predicted molar refractivity (Wildman–Crippen MR) is 123 cm³/mol. The summed E-state index contributed by atoms with van der Waals surface area (Å²) in [5, 5.41) is 12.0. The molecule has 1 aliphatic rings. The molecule has 33 heavy (non-hydrogen) atoms. The molecule has 3 heterocycles. The zero-order valence-electron chi connectivity index (χ0n) is 17.4. The molecule has 8 heteroatoms. The number of carbonyl (C=O) groups is 2. The maximum absolute atomic E-state index is 13.6. The van der Waals surface area contributed by atoms with Crippen molar-refractivity contribution in [2.45, 2.75) is 6.04 Å². The SMILES string of the molecule is COc1ccccc1N1C(=O)C(O)=C(C(=O)c2cc3cc(Cl)ccc3o2)C1c1ccccn1. The third-order valence-corrected chi connectivity index (χ3v) is 5.70. The number of aromatic nitrogens is 1. The molecule has 0 bridgehead atoms. The van der Waals surface area contributed by atoms with E-state index < -0.39 is 23.5 Å². The molecule has 5 rings (SSSR count). The Morgan fingerprint density at radius 2 is 1.91 bits per heavy atom. The number of ketones is 1. The molecule has 7 nitrogen and oxygen atoms in total. The van der Waals surface area contributed by atoms with Gasteiger partial charge in [0.15, 0.2) is 11.5 Å². The number of furan rings is 1. The maximum atomic E-state index is 13.6. The summed E-state index contributed by atoms with van der Waals surface area (Å²) >= 11 is 6.05. The monoisotopic (exact) mass is 460 g/mol. The number of hydrogen-bond donors (Lipinski definition) is 1. The van der Waals surface area contributed by atoms with Gasteiger partial charge >= 0.3 is 0 Å². The lowest BCUT2D eigenvalue weighted by Crippen LogP contribution is -2.31. The number of halogens is 1. The number of hydrogen-bond acceptors (Lipinski definition) is 6. The number of aliphatic hydroxyl groups excluding tert-OH is 1. The summed E-state index contributed by atoms with van der Waals surface area (Å²) in [6.45, 7) is 0. The fraction of sp³-hybridized carbons (Fsp3) is 0.0800. The average Bonchev–Trinajstić information content (AvgIpc) is 3.37. The van der Waals surface area contributed by atoms with Gasteiger partial charge in [-0.3, -0.25) is 19.5 Å². The Kier molecular flexibility index (Phi) is 5.11. The first-order valence-corrected chi connectivity index (χ1v) is 10.4. The minimum absolute atomic E-state index is 0.0237. The third-order valence-electron chi connectivity index (χ3n) is 5.47. The lowest BCUT2D eigenvalue weighted by atomic mass is 9.98. The average molecular weight is 461 g/mol. The Balaban J connectivity index is 1.67. The van der Waals surface area contributed by atoms with E-state index in [-0.39, 0.29) is 11.3 Å². The van der Waals surface area contributed by atoms with Gasteiger partial charge in [0.05, 0.1) is 24.1 Å². The van der Waals surface area contributed by atoms with E-state index in [4.69, 9.17) is 20.8 Å². The topological polar surface area (TPSA) is 92.9 Å². The van der Waals surface area contributed by atoms with Gasteiger partial charge in [0.1, 0.15) is 17.4 Å². The van der Waals surface area contributed by atoms with E-state index in [0.717, 1.165) is 0 Å². The molecule has 4 aromatic rings. The van der Waals surface area contributed by atoms with Crippen molar-refractivity contribution in [2.24, 2.45) is 0 Å². The molecule has 1 aliphatic heterocycles. The zero-order chi connectivity index (χ0) is 23.1. The van der Waals surface area contributed by atoms with Crippen LogP contribution < -0.4 is 9.64 Å². The van der Waals surface area contributed by atoms with E-state index in [1.807, 2.05) is 0 Å². The van der Waals surface area contributed by atoms with Crippen LogP contribution in [0.3, 0.4) is 0 Å². The fourth-order valence-electron chi connectivity index (χ4n) is 3.99. The largest absolute Gasteiger partial charge is 0.503 e. The van der Waals surface area contributed by atoms with Crippen LogP contribution in [0.4, 0.5) is 5.69 Å². The number of Topliss-reactive ketones (excluding diaryl/α,β-unsaturated/α-hetero) is 1. The highest BCUT2D eigenvalue weighted by Crippen LogP contribution is 2.44. The number of ether oxygens (including phenoxy) is 1. The van der Waals surface area contributed by atoms with Crippen LogP contribution in [0.5, 0.6) is 5.75 Å². The van der Waals surface area contributed by atoms with Crippen LogP contribution in [0.1, 0.15) is 22.3 Å². The highest BCUT2D eigenvalue weighted by atomic mass is 35.5. The van der Waals surface area contributed by atoms with Crippen molar-refractivity contribution in [3.05, 3.63) is 101 Å². The van der Waals surface area contributed by atoms with Crippen molar-refractivity contribution >= 4 is 39.9 Å². The summed E-state index contributed by atoms with van der Waals surface area (Å²) in [7, 11) is 1.48. The molecule has 1 atom stereocenters. The van der Waals surface area contributed by atoms with Gasteiger partial charge in [-0.15, -0.1) is 0 Å². The fourth-order valence-corrected chi connectivity index (χ4v) is 4.17. The molecular weight excluding hydrogens is 444 g/mol. The van der Waals surface area contributed by atoms with Crippen LogP contribution in [-0.4, -0.2) is 28.9 Å². The number of benzene rings is 2. The molecule has 0 radical (unpaired) electrons. The third kappa shape index (κ3) is 3.43. The van der Waals surface area contributed by atoms with E-state index >= 15 is 0 Å². The number of nitrogens with zero attached hydrogens (tertiary/aromatic N) is 2. The van der Waals surface area contributed by atoms with E-state index in [9.17, 15) is 14.7 Å². The van der Waals surface area contributed by atoms with Crippen LogP contribution in [0.15, 0.2) is 88.7 Å². The maximum Gasteiger partial charge on any atom is 0.294 e. The van der Waals surface area contributed by atoms with Crippen LogP contribution in [0.2, 0.25) is 5.02 Å². The van der Waals surface area contributed by atoms with Crippen molar-refractivity contribution in [3.8, 4) is 5.75 Å². The molecule has 0 saturated heterocycles. The molecule has 2 aromatic carbocycles. The number of methoxy groups -OCH3 is 1. The van der Waals surface area contributed by atoms with Gasteiger partial charge in [0, 0.05) is 16.6 Å². The number of fused-ring (bicyclic) bond motifs is 1. The minimum Gasteiger partial charge on any atom is -0.503 e. The number of carbonyl (C=O) groups excluding carboxylic acids is 2. The molecule has 0 aliphatic carbocycles. The molecule has 1 amide bonds. The van der Waals surface area contributed by atoms with Crippen LogP contribution in [-0.2, 0) is 4.79 Å². The first-order valence-electron chi connectivity index (χ1n) is 10.0. The van der Waals surface area contributed by atoms with E-state index in [1.165, 1.54) is 18.1 Å². The summed E-state index contributed by atoms with van der Waals surface area (Å²) in [6.07, 6.45) is 1.56. The molecule has 0 saturated carbocycles. The number of para-hydroxylation sites is 2. The highest BCUT2D eigenvalue weighted by molar-refractivity contribution is 6.31. The van der Waals surface area contributed by atoms with Crippen molar-refractivity contribution in [3.63, 3.8) is 0 Å². The van der Waals surface area contributed by atoms with Crippen molar-refractivity contribution in [1.82, 2.24) is 4.98 Å². The molecule has 0 spiro atoms. The van der Waals surface area contributed by atoms with Crippen molar-refractivity contribution < 1.29 is 23.8 Å². The van der Waals surface area contributed by atoms with E-state index in [2.05, 4.69) is 4.98 Å². The molecule has 164 valence electrons. The normalized spacial score (nSPS) is 16.0. The minimum atomic E-state index is -0.987. The Labute approximate surface area is 193 Å². The Morgan fingerprint density at radius 3 is 2.67 bits per heavy atom. The lowest BCUT2D eigenvalue weighted by Gasteiger charge is -2.27. The number of amides is 1. The predicted octanol–water partition coefficient (Wildman–Crippen LogP) is 5.27. The van der Waals surface area contributed by atoms with Crippen molar-refractivity contribution in [2.75, 3.05) is 12.0 Å². The first-order chi connectivity index (χ1) is 16.0. The highest BCUT2D eigenvalue weighted by Gasteiger charge is 2.46. The number of rotatable bonds is 5. The summed E-state index contributed by atoms with van der Waals surface area (Å²) in [5.41, 5.74) is 1.13. The van der Waals surface area contributed by atoms with Gasteiger partial charge in [0.25, 0.3) is 5.91 Å². The molecule has 1 N–H and O–H groups in total.